The number of hydrogen-bond donors (Lipinski definition) is 1. The van der Waals surface area contributed by atoms with Gasteiger partial charge in [-0.1, -0.05) is 27.2 Å². The Kier molecular flexibility index (Phi) is 5.12. The van der Waals surface area contributed by atoms with Crippen LogP contribution in [-0.4, -0.2) is 20.7 Å². The van der Waals surface area contributed by atoms with Crippen molar-refractivity contribution in [1.82, 2.24) is 9.78 Å². The number of nitro groups is 1. The van der Waals surface area contributed by atoms with E-state index in [2.05, 4.69) is 24.3 Å². The SMILES string of the molecule is CCCC(CC)Nc1c([N+](=O)[O-])c(CC)nn1C. The van der Waals surface area contributed by atoms with Crippen molar-refractivity contribution < 1.29 is 4.92 Å². The van der Waals surface area contributed by atoms with Crippen molar-refractivity contribution in [1.29, 1.82) is 0 Å². The van der Waals surface area contributed by atoms with Crippen LogP contribution in [0, 0.1) is 10.1 Å². The molecule has 1 heterocycles. The van der Waals surface area contributed by atoms with Crippen LogP contribution in [0.2, 0.25) is 0 Å². The van der Waals surface area contributed by atoms with Gasteiger partial charge in [-0.15, -0.1) is 0 Å². The first-order valence-electron chi connectivity index (χ1n) is 6.51. The van der Waals surface area contributed by atoms with Gasteiger partial charge in [0.2, 0.25) is 5.82 Å². The van der Waals surface area contributed by atoms with E-state index in [1.54, 1.807) is 11.7 Å². The van der Waals surface area contributed by atoms with Crippen LogP contribution in [0.3, 0.4) is 0 Å². The van der Waals surface area contributed by atoms with Crippen molar-refractivity contribution >= 4 is 11.5 Å². The lowest BCUT2D eigenvalue weighted by molar-refractivity contribution is -0.384. The number of aromatic nitrogens is 2. The van der Waals surface area contributed by atoms with Crippen molar-refractivity contribution in [2.45, 2.75) is 52.5 Å². The molecule has 0 saturated heterocycles. The molecule has 0 spiro atoms. The standard InChI is InChI=1S/C12H22N4O2/c1-5-8-9(6-2)13-12-11(16(17)18)10(7-3)14-15(12)4/h9,13H,5-8H2,1-4H3. The Morgan fingerprint density at radius 1 is 1.44 bits per heavy atom. The van der Waals surface area contributed by atoms with Gasteiger partial charge in [0.1, 0.15) is 5.69 Å². The van der Waals surface area contributed by atoms with E-state index in [0.29, 0.717) is 17.9 Å². The van der Waals surface area contributed by atoms with Crippen molar-refractivity contribution in [2.75, 3.05) is 5.32 Å². The third kappa shape index (κ3) is 3.00. The average Bonchev–Trinajstić information content (AvgIpc) is 2.65. The Morgan fingerprint density at radius 3 is 2.56 bits per heavy atom. The highest BCUT2D eigenvalue weighted by Crippen LogP contribution is 2.29. The van der Waals surface area contributed by atoms with E-state index < -0.39 is 0 Å². The molecule has 0 saturated carbocycles. The number of hydrogen-bond acceptors (Lipinski definition) is 4. The van der Waals surface area contributed by atoms with Gasteiger partial charge in [-0.05, 0) is 19.3 Å². The molecule has 6 heteroatoms. The Bertz CT molecular complexity index is 414. The van der Waals surface area contributed by atoms with Crippen molar-refractivity contribution in [3.63, 3.8) is 0 Å². The van der Waals surface area contributed by atoms with Crippen LogP contribution >= 0.6 is 0 Å². The first-order valence-corrected chi connectivity index (χ1v) is 6.51. The van der Waals surface area contributed by atoms with Gasteiger partial charge in [0.05, 0.1) is 4.92 Å². The molecule has 0 aliphatic heterocycles. The fourth-order valence-electron chi connectivity index (χ4n) is 2.08. The van der Waals surface area contributed by atoms with Crippen LogP contribution in [0.25, 0.3) is 0 Å². The smallest absolute Gasteiger partial charge is 0.333 e. The maximum absolute atomic E-state index is 11.2. The lowest BCUT2D eigenvalue weighted by Crippen LogP contribution is -2.20. The Balaban J connectivity index is 3.06. The Labute approximate surface area is 108 Å². The normalized spacial score (nSPS) is 12.4. The van der Waals surface area contributed by atoms with Crippen LogP contribution in [0.4, 0.5) is 11.5 Å². The summed E-state index contributed by atoms with van der Waals surface area (Å²) in [6.07, 6.45) is 3.56. The van der Waals surface area contributed by atoms with E-state index >= 15 is 0 Å². The van der Waals surface area contributed by atoms with Crippen LogP contribution in [0.1, 0.15) is 45.7 Å². The van der Waals surface area contributed by atoms with Crippen LogP contribution in [-0.2, 0) is 13.5 Å². The minimum absolute atomic E-state index is 0.120. The van der Waals surface area contributed by atoms with E-state index in [0.717, 1.165) is 19.3 Å². The molecule has 0 aromatic carbocycles. The van der Waals surface area contributed by atoms with E-state index in [1.165, 1.54) is 0 Å². The lowest BCUT2D eigenvalue weighted by Gasteiger charge is -2.16. The molecule has 1 rings (SSSR count). The molecule has 0 bridgehead atoms. The fourth-order valence-corrected chi connectivity index (χ4v) is 2.08. The predicted octanol–water partition coefficient (Wildman–Crippen LogP) is 2.88. The molecule has 0 fully saturated rings. The quantitative estimate of drug-likeness (QED) is 0.599. The zero-order chi connectivity index (χ0) is 13.7. The maximum atomic E-state index is 11.2. The van der Waals surface area contributed by atoms with Gasteiger partial charge >= 0.3 is 5.69 Å². The van der Waals surface area contributed by atoms with Gasteiger partial charge in [0, 0.05) is 13.1 Å². The van der Waals surface area contributed by atoms with E-state index in [9.17, 15) is 10.1 Å². The molecule has 0 amide bonds. The summed E-state index contributed by atoms with van der Waals surface area (Å²) in [6.45, 7) is 6.07. The molecule has 0 aliphatic rings. The van der Waals surface area contributed by atoms with E-state index in [1.807, 2.05) is 6.92 Å². The third-order valence-electron chi connectivity index (χ3n) is 3.08. The van der Waals surface area contributed by atoms with Crippen molar-refractivity contribution in [2.24, 2.45) is 7.05 Å². The van der Waals surface area contributed by atoms with Crippen molar-refractivity contribution in [3.8, 4) is 0 Å². The molecule has 18 heavy (non-hydrogen) atoms. The van der Waals surface area contributed by atoms with Crippen LogP contribution < -0.4 is 5.32 Å². The third-order valence-corrected chi connectivity index (χ3v) is 3.08. The molecular formula is C12H22N4O2. The molecule has 102 valence electrons. The minimum Gasteiger partial charge on any atom is -0.362 e. The number of nitrogens with one attached hydrogen (secondary N) is 1. The second-order valence-electron chi connectivity index (χ2n) is 4.42. The highest BCUT2D eigenvalue weighted by Gasteiger charge is 2.26. The first-order chi connectivity index (χ1) is 8.54. The molecule has 1 atom stereocenters. The Hall–Kier alpha value is -1.59. The topological polar surface area (TPSA) is 73.0 Å². The second-order valence-corrected chi connectivity index (χ2v) is 4.42. The zero-order valence-electron chi connectivity index (χ0n) is 11.6. The molecule has 1 aromatic heterocycles. The molecule has 0 aliphatic carbocycles. The minimum atomic E-state index is -0.340. The summed E-state index contributed by atoms with van der Waals surface area (Å²) >= 11 is 0. The molecule has 1 aromatic rings. The van der Waals surface area contributed by atoms with Gasteiger partial charge in [-0.3, -0.25) is 10.1 Å². The first kappa shape index (κ1) is 14.5. The molecule has 1 N–H and O–H groups in total. The highest BCUT2D eigenvalue weighted by molar-refractivity contribution is 5.60. The second kappa shape index (κ2) is 6.37. The lowest BCUT2D eigenvalue weighted by atomic mass is 10.1. The molecule has 0 radical (unpaired) electrons. The number of rotatable bonds is 7. The number of aryl methyl sites for hydroxylation is 2. The highest BCUT2D eigenvalue weighted by atomic mass is 16.6. The van der Waals surface area contributed by atoms with E-state index in [-0.39, 0.29) is 16.7 Å². The number of anilines is 1. The van der Waals surface area contributed by atoms with Gasteiger partial charge in [-0.2, -0.15) is 5.10 Å². The summed E-state index contributed by atoms with van der Waals surface area (Å²) in [4.78, 5) is 10.8. The average molecular weight is 254 g/mol. The van der Waals surface area contributed by atoms with Gasteiger partial charge in [0.25, 0.3) is 0 Å². The summed E-state index contributed by atoms with van der Waals surface area (Å²) in [5.74, 6) is 0.525. The van der Waals surface area contributed by atoms with Crippen LogP contribution in [0.5, 0.6) is 0 Å². The van der Waals surface area contributed by atoms with Gasteiger partial charge < -0.3 is 5.32 Å². The summed E-state index contributed by atoms with van der Waals surface area (Å²) in [7, 11) is 1.74. The molecule has 6 nitrogen and oxygen atoms in total. The summed E-state index contributed by atoms with van der Waals surface area (Å²) < 4.78 is 1.58. The summed E-state index contributed by atoms with van der Waals surface area (Å²) in [6, 6.07) is 0.258. The Morgan fingerprint density at radius 2 is 2.11 bits per heavy atom. The van der Waals surface area contributed by atoms with Crippen molar-refractivity contribution in [3.05, 3.63) is 15.8 Å². The van der Waals surface area contributed by atoms with Crippen LogP contribution in [0.15, 0.2) is 0 Å². The summed E-state index contributed by atoms with van der Waals surface area (Å²) in [5, 5.41) is 18.6. The van der Waals surface area contributed by atoms with Gasteiger partial charge in [-0.25, -0.2) is 4.68 Å². The largest absolute Gasteiger partial charge is 0.362 e. The maximum Gasteiger partial charge on any atom is 0.333 e. The van der Waals surface area contributed by atoms with Gasteiger partial charge in [0.15, 0.2) is 0 Å². The fraction of sp³-hybridized carbons (Fsp3) is 0.750. The molecule has 1 unspecified atom stereocenters. The molecular weight excluding hydrogens is 232 g/mol. The monoisotopic (exact) mass is 254 g/mol. The predicted molar refractivity (Wildman–Crippen MR) is 71.9 cm³/mol. The van der Waals surface area contributed by atoms with E-state index in [4.69, 9.17) is 0 Å². The number of nitrogens with zero attached hydrogens (tertiary/aromatic N) is 3. The summed E-state index contributed by atoms with van der Waals surface area (Å²) in [5.41, 5.74) is 0.658. The zero-order valence-corrected chi connectivity index (χ0v) is 11.6.